The third-order valence-electron chi connectivity index (χ3n) is 3.59. The third-order valence-corrected chi connectivity index (χ3v) is 3.59. The lowest BCUT2D eigenvalue weighted by Gasteiger charge is -2.11. The molecule has 1 aromatic heterocycles. The molecule has 24 heavy (non-hydrogen) atoms. The van der Waals surface area contributed by atoms with E-state index in [4.69, 9.17) is 4.74 Å². The Hall–Kier alpha value is -2.83. The summed E-state index contributed by atoms with van der Waals surface area (Å²) in [6.45, 7) is 4.20. The highest BCUT2D eigenvalue weighted by Crippen LogP contribution is 2.22. The second kappa shape index (κ2) is 7.16. The Morgan fingerprint density at radius 2 is 2.04 bits per heavy atom. The summed E-state index contributed by atoms with van der Waals surface area (Å²) in [7, 11) is 5.01. The highest BCUT2D eigenvalue weighted by Gasteiger charge is 2.23. The third kappa shape index (κ3) is 3.56. The van der Waals surface area contributed by atoms with Crippen molar-refractivity contribution in [1.29, 1.82) is 0 Å². The first-order valence-corrected chi connectivity index (χ1v) is 7.64. The van der Waals surface area contributed by atoms with Gasteiger partial charge in [0, 0.05) is 26.7 Å². The molecule has 0 saturated heterocycles. The number of amides is 2. The van der Waals surface area contributed by atoms with Gasteiger partial charge in [0.2, 0.25) is 0 Å². The molecule has 7 heteroatoms. The van der Waals surface area contributed by atoms with E-state index < -0.39 is 0 Å². The van der Waals surface area contributed by atoms with Crippen molar-refractivity contribution in [1.82, 2.24) is 14.7 Å². The maximum atomic E-state index is 12.5. The Morgan fingerprint density at radius 3 is 2.67 bits per heavy atom. The lowest BCUT2D eigenvalue weighted by atomic mass is 10.2. The Labute approximate surface area is 141 Å². The van der Waals surface area contributed by atoms with Crippen molar-refractivity contribution in [2.45, 2.75) is 13.8 Å². The number of hydrogen-bond acceptors (Lipinski definition) is 4. The van der Waals surface area contributed by atoms with Crippen LogP contribution in [-0.4, -0.2) is 47.2 Å². The SMILES string of the molecule is CCOc1cccc(C(=O)Nc2c(C(=O)N(C)C)nn(C)c2C)c1. The average molecular weight is 330 g/mol. The summed E-state index contributed by atoms with van der Waals surface area (Å²) in [6, 6.07) is 6.90. The van der Waals surface area contributed by atoms with Gasteiger partial charge in [0.25, 0.3) is 11.8 Å². The summed E-state index contributed by atoms with van der Waals surface area (Å²) in [4.78, 5) is 26.2. The fraction of sp³-hybridized carbons (Fsp3) is 0.353. The molecule has 1 heterocycles. The molecule has 0 saturated carbocycles. The van der Waals surface area contributed by atoms with Crippen LogP contribution in [-0.2, 0) is 7.05 Å². The first kappa shape index (κ1) is 17.5. The zero-order valence-corrected chi connectivity index (χ0v) is 14.6. The first-order chi connectivity index (χ1) is 11.3. The monoisotopic (exact) mass is 330 g/mol. The predicted molar refractivity (Wildman–Crippen MR) is 91.5 cm³/mol. The Kier molecular flexibility index (Phi) is 5.23. The fourth-order valence-electron chi connectivity index (χ4n) is 2.20. The van der Waals surface area contributed by atoms with Crippen LogP contribution in [0.3, 0.4) is 0 Å². The molecule has 128 valence electrons. The largest absolute Gasteiger partial charge is 0.494 e. The van der Waals surface area contributed by atoms with Crippen LogP contribution < -0.4 is 10.1 Å². The number of carbonyl (C=O) groups excluding carboxylic acids is 2. The summed E-state index contributed by atoms with van der Waals surface area (Å²) in [6.07, 6.45) is 0. The van der Waals surface area contributed by atoms with E-state index in [1.54, 1.807) is 57.0 Å². The van der Waals surface area contributed by atoms with Crippen LogP contribution >= 0.6 is 0 Å². The van der Waals surface area contributed by atoms with Crippen molar-refractivity contribution in [3.63, 3.8) is 0 Å². The number of nitrogens with one attached hydrogen (secondary N) is 1. The second-order valence-electron chi connectivity index (χ2n) is 5.55. The Balaban J connectivity index is 2.32. The van der Waals surface area contributed by atoms with Crippen molar-refractivity contribution in [3.8, 4) is 5.75 Å². The van der Waals surface area contributed by atoms with Crippen molar-refractivity contribution in [2.24, 2.45) is 7.05 Å². The van der Waals surface area contributed by atoms with Gasteiger partial charge in [-0.1, -0.05) is 6.07 Å². The van der Waals surface area contributed by atoms with Gasteiger partial charge in [-0.15, -0.1) is 0 Å². The zero-order valence-electron chi connectivity index (χ0n) is 14.6. The van der Waals surface area contributed by atoms with Gasteiger partial charge in [0.1, 0.15) is 5.75 Å². The predicted octanol–water partition coefficient (Wildman–Crippen LogP) is 2.08. The number of rotatable bonds is 5. The maximum absolute atomic E-state index is 12.5. The van der Waals surface area contributed by atoms with Gasteiger partial charge in [-0.25, -0.2) is 0 Å². The molecule has 0 spiro atoms. The Morgan fingerprint density at radius 1 is 1.33 bits per heavy atom. The smallest absolute Gasteiger partial charge is 0.276 e. The maximum Gasteiger partial charge on any atom is 0.276 e. The highest BCUT2D eigenvalue weighted by atomic mass is 16.5. The normalized spacial score (nSPS) is 10.4. The van der Waals surface area contributed by atoms with E-state index in [1.807, 2.05) is 6.92 Å². The highest BCUT2D eigenvalue weighted by molar-refractivity contribution is 6.08. The van der Waals surface area contributed by atoms with E-state index in [0.29, 0.717) is 29.3 Å². The van der Waals surface area contributed by atoms with E-state index in [9.17, 15) is 9.59 Å². The lowest BCUT2D eigenvalue weighted by molar-refractivity contribution is 0.0822. The van der Waals surface area contributed by atoms with E-state index in [1.165, 1.54) is 4.90 Å². The molecule has 0 bridgehead atoms. The van der Waals surface area contributed by atoms with E-state index in [0.717, 1.165) is 0 Å². The van der Waals surface area contributed by atoms with Crippen LogP contribution in [0.1, 0.15) is 33.5 Å². The Bertz CT molecular complexity index is 765. The molecule has 0 atom stereocenters. The van der Waals surface area contributed by atoms with E-state index >= 15 is 0 Å². The molecule has 0 fully saturated rings. The molecule has 1 N–H and O–H groups in total. The number of aromatic nitrogens is 2. The van der Waals surface area contributed by atoms with Crippen molar-refractivity contribution in [3.05, 3.63) is 41.2 Å². The van der Waals surface area contributed by atoms with Crippen LogP contribution in [0, 0.1) is 6.92 Å². The molecule has 0 radical (unpaired) electrons. The van der Waals surface area contributed by atoms with Crippen LogP contribution in [0.5, 0.6) is 5.75 Å². The minimum Gasteiger partial charge on any atom is -0.494 e. The average Bonchev–Trinajstić information content (AvgIpc) is 2.83. The molecule has 7 nitrogen and oxygen atoms in total. The van der Waals surface area contributed by atoms with Gasteiger partial charge in [-0.05, 0) is 32.0 Å². The van der Waals surface area contributed by atoms with Crippen molar-refractivity contribution < 1.29 is 14.3 Å². The van der Waals surface area contributed by atoms with Crippen LogP contribution in [0.25, 0.3) is 0 Å². The fourth-order valence-corrected chi connectivity index (χ4v) is 2.20. The molecule has 2 aromatic rings. The topological polar surface area (TPSA) is 76.5 Å². The molecular weight excluding hydrogens is 308 g/mol. The second-order valence-corrected chi connectivity index (χ2v) is 5.55. The van der Waals surface area contributed by atoms with E-state index in [-0.39, 0.29) is 17.5 Å². The number of aryl methyl sites for hydroxylation is 1. The van der Waals surface area contributed by atoms with Gasteiger partial charge in [0.15, 0.2) is 5.69 Å². The number of ether oxygens (including phenoxy) is 1. The van der Waals surface area contributed by atoms with Gasteiger partial charge >= 0.3 is 0 Å². The number of carbonyl (C=O) groups is 2. The zero-order chi connectivity index (χ0) is 17.9. The summed E-state index contributed by atoms with van der Waals surface area (Å²) >= 11 is 0. The number of hydrogen-bond donors (Lipinski definition) is 1. The minimum absolute atomic E-state index is 0.217. The minimum atomic E-state index is -0.319. The molecule has 2 amide bonds. The molecule has 0 aliphatic rings. The summed E-state index contributed by atoms with van der Waals surface area (Å²) in [5, 5.41) is 7.01. The van der Waals surface area contributed by atoms with Gasteiger partial charge in [-0.2, -0.15) is 5.10 Å². The standard InChI is InChI=1S/C17H22N4O3/c1-6-24-13-9-7-8-12(10-13)16(22)18-14-11(2)21(5)19-15(14)17(23)20(3)4/h7-10H,6H2,1-5H3,(H,18,22). The quantitative estimate of drug-likeness (QED) is 0.910. The summed E-state index contributed by atoms with van der Waals surface area (Å²) < 4.78 is 6.98. The van der Waals surface area contributed by atoms with Crippen molar-refractivity contribution >= 4 is 17.5 Å². The molecule has 0 unspecified atom stereocenters. The van der Waals surface area contributed by atoms with Crippen LogP contribution in [0.2, 0.25) is 0 Å². The molecule has 1 aromatic carbocycles. The lowest BCUT2D eigenvalue weighted by Crippen LogP contribution is -2.24. The number of anilines is 1. The first-order valence-electron chi connectivity index (χ1n) is 7.64. The number of nitrogens with zero attached hydrogens (tertiary/aromatic N) is 3. The van der Waals surface area contributed by atoms with Gasteiger partial charge in [0.05, 0.1) is 18.0 Å². The van der Waals surface area contributed by atoms with E-state index in [2.05, 4.69) is 10.4 Å². The van der Waals surface area contributed by atoms with Crippen LogP contribution in [0.4, 0.5) is 5.69 Å². The van der Waals surface area contributed by atoms with Crippen molar-refractivity contribution in [2.75, 3.05) is 26.0 Å². The van der Waals surface area contributed by atoms with Gasteiger partial charge < -0.3 is 15.0 Å². The molecule has 0 aliphatic carbocycles. The summed E-state index contributed by atoms with van der Waals surface area (Å²) in [5.74, 6) is 0.0372. The molecule has 2 rings (SSSR count). The molecule has 0 aliphatic heterocycles. The molecular formula is C17H22N4O3. The van der Waals surface area contributed by atoms with Crippen LogP contribution in [0.15, 0.2) is 24.3 Å². The number of benzene rings is 1. The van der Waals surface area contributed by atoms with Gasteiger partial charge in [-0.3, -0.25) is 14.3 Å². The summed E-state index contributed by atoms with van der Waals surface area (Å²) in [5.41, 5.74) is 1.79.